The second-order valence-corrected chi connectivity index (χ2v) is 5.82. The lowest BCUT2D eigenvalue weighted by molar-refractivity contribution is -0.141. The SMILES string of the molecule is CCC(CNC(=O)N1CCC(CN(C)C)CC1)C(=O)O. The van der Waals surface area contributed by atoms with Crippen LogP contribution < -0.4 is 5.32 Å². The van der Waals surface area contributed by atoms with Crippen molar-refractivity contribution in [2.75, 3.05) is 40.3 Å². The highest BCUT2D eigenvalue weighted by molar-refractivity contribution is 5.76. The minimum absolute atomic E-state index is 0.131. The summed E-state index contributed by atoms with van der Waals surface area (Å²) in [5, 5.41) is 11.7. The summed E-state index contributed by atoms with van der Waals surface area (Å²) >= 11 is 0. The van der Waals surface area contributed by atoms with Gasteiger partial charge in [-0.15, -0.1) is 0 Å². The molecule has 6 nitrogen and oxygen atoms in total. The number of urea groups is 1. The first-order chi connectivity index (χ1) is 9.43. The number of carbonyl (C=O) groups is 2. The van der Waals surface area contributed by atoms with Gasteiger partial charge in [-0.2, -0.15) is 0 Å². The van der Waals surface area contributed by atoms with E-state index in [4.69, 9.17) is 5.11 Å². The van der Waals surface area contributed by atoms with Gasteiger partial charge in [-0.05, 0) is 39.3 Å². The fraction of sp³-hybridized carbons (Fsp3) is 0.857. The molecule has 1 aliphatic heterocycles. The van der Waals surface area contributed by atoms with Gasteiger partial charge in [0.15, 0.2) is 0 Å². The summed E-state index contributed by atoms with van der Waals surface area (Å²) in [5.41, 5.74) is 0. The molecule has 0 saturated carbocycles. The topological polar surface area (TPSA) is 72.9 Å². The predicted molar refractivity (Wildman–Crippen MR) is 77.7 cm³/mol. The average molecular weight is 285 g/mol. The smallest absolute Gasteiger partial charge is 0.317 e. The molecular weight excluding hydrogens is 258 g/mol. The number of nitrogens with one attached hydrogen (secondary N) is 1. The third kappa shape index (κ3) is 5.36. The normalized spacial score (nSPS) is 18.1. The number of carboxylic acid groups (broad SMARTS) is 1. The molecule has 20 heavy (non-hydrogen) atoms. The van der Waals surface area contributed by atoms with Crippen LogP contribution >= 0.6 is 0 Å². The van der Waals surface area contributed by atoms with Gasteiger partial charge in [0.25, 0.3) is 0 Å². The van der Waals surface area contributed by atoms with Crippen LogP contribution in [0.3, 0.4) is 0 Å². The Balaban J connectivity index is 2.30. The quantitative estimate of drug-likeness (QED) is 0.766. The van der Waals surface area contributed by atoms with E-state index >= 15 is 0 Å². The minimum Gasteiger partial charge on any atom is -0.481 e. The second kappa shape index (κ2) is 8.09. The van der Waals surface area contributed by atoms with Crippen LogP contribution in [0.4, 0.5) is 4.79 Å². The van der Waals surface area contributed by atoms with Crippen molar-refractivity contribution in [3.05, 3.63) is 0 Å². The number of piperidine rings is 1. The van der Waals surface area contributed by atoms with E-state index in [-0.39, 0.29) is 12.6 Å². The van der Waals surface area contributed by atoms with E-state index in [1.165, 1.54) is 0 Å². The molecule has 1 atom stereocenters. The van der Waals surface area contributed by atoms with Gasteiger partial charge in [-0.25, -0.2) is 4.79 Å². The molecule has 1 fully saturated rings. The summed E-state index contributed by atoms with van der Waals surface area (Å²) in [6.45, 7) is 4.61. The van der Waals surface area contributed by atoms with Gasteiger partial charge in [-0.3, -0.25) is 4.79 Å². The number of rotatable bonds is 6. The van der Waals surface area contributed by atoms with E-state index in [1.54, 1.807) is 4.90 Å². The number of hydrogen-bond acceptors (Lipinski definition) is 3. The van der Waals surface area contributed by atoms with Gasteiger partial charge in [0.05, 0.1) is 5.92 Å². The van der Waals surface area contributed by atoms with E-state index in [9.17, 15) is 9.59 Å². The molecule has 1 heterocycles. The Bertz CT molecular complexity index is 326. The first-order valence-electron chi connectivity index (χ1n) is 7.34. The molecular formula is C14H27N3O3. The molecule has 2 amide bonds. The highest BCUT2D eigenvalue weighted by atomic mass is 16.4. The van der Waals surface area contributed by atoms with Crippen molar-refractivity contribution in [1.29, 1.82) is 0 Å². The monoisotopic (exact) mass is 285 g/mol. The summed E-state index contributed by atoms with van der Waals surface area (Å²) < 4.78 is 0. The van der Waals surface area contributed by atoms with Gasteiger partial charge >= 0.3 is 12.0 Å². The fourth-order valence-corrected chi connectivity index (χ4v) is 2.56. The number of carboxylic acids is 1. The maximum absolute atomic E-state index is 12.0. The highest BCUT2D eigenvalue weighted by Crippen LogP contribution is 2.17. The number of amides is 2. The summed E-state index contributed by atoms with van der Waals surface area (Å²) in [6.07, 6.45) is 2.56. The molecule has 1 aliphatic rings. The number of hydrogen-bond donors (Lipinski definition) is 2. The summed E-state index contributed by atoms with van der Waals surface area (Å²) in [4.78, 5) is 26.8. The molecule has 0 aliphatic carbocycles. The fourth-order valence-electron chi connectivity index (χ4n) is 2.56. The third-order valence-corrected chi connectivity index (χ3v) is 3.87. The molecule has 0 aromatic carbocycles. The van der Waals surface area contributed by atoms with Crippen molar-refractivity contribution in [3.63, 3.8) is 0 Å². The van der Waals surface area contributed by atoms with Crippen LogP contribution in [0.15, 0.2) is 0 Å². The Morgan fingerprint density at radius 1 is 1.35 bits per heavy atom. The lowest BCUT2D eigenvalue weighted by atomic mass is 9.96. The van der Waals surface area contributed by atoms with Crippen LogP contribution in [0, 0.1) is 11.8 Å². The number of nitrogens with zero attached hydrogens (tertiary/aromatic N) is 2. The van der Waals surface area contributed by atoms with Crippen molar-refractivity contribution >= 4 is 12.0 Å². The minimum atomic E-state index is -0.850. The van der Waals surface area contributed by atoms with E-state index in [0.29, 0.717) is 12.3 Å². The Morgan fingerprint density at radius 3 is 2.40 bits per heavy atom. The largest absolute Gasteiger partial charge is 0.481 e. The van der Waals surface area contributed by atoms with Gasteiger partial charge in [0.2, 0.25) is 0 Å². The molecule has 0 aromatic heterocycles. The second-order valence-electron chi connectivity index (χ2n) is 5.82. The van der Waals surface area contributed by atoms with E-state index in [1.807, 2.05) is 6.92 Å². The maximum atomic E-state index is 12.0. The van der Waals surface area contributed by atoms with E-state index in [2.05, 4.69) is 24.3 Å². The van der Waals surface area contributed by atoms with Crippen molar-refractivity contribution in [2.45, 2.75) is 26.2 Å². The average Bonchev–Trinajstić information content (AvgIpc) is 2.39. The first kappa shape index (κ1) is 16.8. The molecule has 6 heteroatoms. The molecule has 1 unspecified atom stereocenters. The number of likely N-dealkylation sites (tertiary alicyclic amines) is 1. The lowest BCUT2D eigenvalue weighted by Crippen LogP contribution is -2.47. The van der Waals surface area contributed by atoms with Crippen LogP contribution in [0.25, 0.3) is 0 Å². The van der Waals surface area contributed by atoms with E-state index < -0.39 is 11.9 Å². The lowest BCUT2D eigenvalue weighted by Gasteiger charge is -2.33. The Morgan fingerprint density at radius 2 is 1.95 bits per heavy atom. The number of carbonyl (C=O) groups excluding carboxylic acids is 1. The first-order valence-corrected chi connectivity index (χ1v) is 7.34. The van der Waals surface area contributed by atoms with Gasteiger partial charge in [0, 0.05) is 26.2 Å². The standard InChI is InChI=1S/C14H27N3O3/c1-4-12(13(18)19)9-15-14(20)17-7-5-11(6-8-17)10-16(2)3/h11-12H,4-10H2,1-3H3,(H,15,20)(H,18,19). The van der Waals surface area contributed by atoms with Crippen molar-refractivity contribution in [3.8, 4) is 0 Å². The van der Waals surface area contributed by atoms with Gasteiger partial charge < -0.3 is 20.2 Å². The van der Waals surface area contributed by atoms with E-state index in [0.717, 1.165) is 32.5 Å². The molecule has 116 valence electrons. The van der Waals surface area contributed by atoms with Crippen LogP contribution in [0.1, 0.15) is 26.2 Å². The van der Waals surface area contributed by atoms with Crippen LogP contribution in [0.2, 0.25) is 0 Å². The zero-order valence-corrected chi connectivity index (χ0v) is 12.8. The molecule has 0 radical (unpaired) electrons. The molecule has 2 N–H and O–H groups in total. The Labute approximate surface area is 121 Å². The molecule has 0 bridgehead atoms. The molecule has 0 aromatic rings. The highest BCUT2D eigenvalue weighted by Gasteiger charge is 2.24. The molecule has 1 saturated heterocycles. The molecule has 0 spiro atoms. The number of aliphatic carboxylic acids is 1. The zero-order chi connectivity index (χ0) is 15.1. The van der Waals surface area contributed by atoms with Crippen LogP contribution in [-0.4, -0.2) is 67.2 Å². The van der Waals surface area contributed by atoms with Crippen LogP contribution in [-0.2, 0) is 4.79 Å². The van der Waals surface area contributed by atoms with Crippen LogP contribution in [0.5, 0.6) is 0 Å². The predicted octanol–water partition coefficient (Wildman–Crippen LogP) is 1.08. The summed E-state index contributed by atoms with van der Waals surface area (Å²) in [6, 6.07) is -0.131. The maximum Gasteiger partial charge on any atom is 0.317 e. The van der Waals surface area contributed by atoms with Crippen molar-refractivity contribution in [2.24, 2.45) is 11.8 Å². The Hall–Kier alpha value is -1.30. The third-order valence-electron chi connectivity index (χ3n) is 3.87. The van der Waals surface area contributed by atoms with Gasteiger partial charge in [-0.1, -0.05) is 6.92 Å². The van der Waals surface area contributed by atoms with Crippen molar-refractivity contribution in [1.82, 2.24) is 15.1 Å². The van der Waals surface area contributed by atoms with Gasteiger partial charge in [0.1, 0.15) is 0 Å². The Kier molecular flexibility index (Phi) is 6.78. The van der Waals surface area contributed by atoms with Crippen molar-refractivity contribution < 1.29 is 14.7 Å². The summed E-state index contributed by atoms with van der Waals surface area (Å²) in [7, 11) is 4.13. The zero-order valence-electron chi connectivity index (χ0n) is 12.8. The molecule has 1 rings (SSSR count). The summed E-state index contributed by atoms with van der Waals surface area (Å²) in [5.74, 6) is -0.695.